The maximum absolute atomic E-state index is 12.8. The number of halogens is 1. The van der Waals surface area contributed by atoms with E-state index in [0.29, 0.717) is 12.2 Å². The summed E-state index contributed by atoms with van der Waals surface area (Å²) in [4.78, 5) is 11.7. The Morgan fingerprint density at radius 1 is 1.29 bits per heavy atom. The van der Waals surface area contributed by atoms with Crippen molar-refractivity contribution in [3.05, 3.63) is 47.0 Å². The van der Waals surface area contributed by atoms with Crippen LogP contribution in [0.25, 0.3) is 0 Å². The number of hydrogen-bond acceptors (Lipinski definition) is 2. The summed E-state index contributed by atoms with van der Waals surface area (Å²) in [7, 11) is 1.90. The molecule has 2 amide bonds. The fourth-order valence-corrected chi connectivity index (χ4v) is 2.19. The Morgan fingerprint density at radius 2 is 1.95 bits per heavy atom. The van der Waals surface area contributed by atoms with E-state index < -0.39 is 0 Å². The van der Waals surface area contributed by atoms with Crippen molar-refractivity contribution in [1.29, 1.82) is 0 Å². The SMILES string of the molecule is Cc1nn(C)c(C)c1CCNC(=O)Nc1ccc(F)cc1. The van der Waals surface area contributed by atoms with E-state index in [1.807, 2.05) is 25.6 Å². The van der Waals surface area contributed by atoms with Crippen molar-refractivity contribution in [3.63, 3.8) is 0 Å². The molecule has 0 bridgehead atoms. The third-order valence-electron chi connectivity index (χ3n) is 3.42. The normalized spacial score (nSPS) is 10.5. The summed E-state index contributed by atoms with van der Waals surface area (Å²) < 4.78 is 14.6. The topological polar surface area (TPSA) is 59.0 Å². The van der Waals surface area contributed by atoms with Crippen molar-refractivity contribution in [2.45, 2.75) is 20.3 Å². The van der Waals surface area contributed by atoms with Crippen LogP contribution in [-0.4, -0.2) is 22.4 Å². The van der Waals surface area contributed by atoms with Gasteiger partial charge in [0, 0.05) is 25.0 Å². The van der Waals surface area contributed by atoms with Crippen LogP contribution in [0.2, 0.25) is 0 Å². The Balaban J connectivity index is 1.83. The third-order valence-corrected chi connectivity index (χ3v) is 3.42. The summed E-state index contributed by atoms with van der Waals surface area (Å²) in [5.74, 6) is -0.330. The van der Waals surface area contributed by atoms with Gasteiger partial charge >= 0.3 is 6.03 Å². The van der Waals surface area contributed by atoms with E-state index in [1.165, 1.54) is 24.3 Å². The van der Waals surface area contributed by atoms with Crippen LogP contribution in [0.3, 0.4) is 0 Å². The van der Waals surface area contributed by atoms with Crippen LogP contribution in [0, 0.1) is 19.7 Å². The van der Waals surface area contributed by atoms with E-state index in [2.05, 4.69) is 15.7 Å². The van der Waals surface area contributed by atoms with E-state index in [4.69, 9.17) is 0 Å². The number of nitrogens with zero attached hydrogens (tertiary/aromatic N) is 2. The van der Waals surface area contributed by atoms with Crippen LogP contribution in [0.15, 0.2) is 24.3 Å². The first-order valence-corrected chi connectivity index (χ1v) is 6.77. The molecule has 0 aliphatic carbocycles. The molecule has 1 aromatic carbocycles. The van der Waals surface area contributed by atoms with Gasteiger partial charge in [-0.2, -0.15) is 5.10 Å². The number of hydrogen-bond donors (Lipinski definition) is 2. The summed E-state index contributed by atoms with van der Waals surface area (Å²) in [5, 5.41) is 9.77. The monoisotopic (exact) mass is 290 g/mol. The van der Waals surface area contributed by atoms with Crippen LogP contribution in [0.1, 0.15) is 17.0 Å². The van der Waals surface area contributed by atoms with Gasteiger partial charge in [0.1, 0.15) is 5.82 Å². The molecule has 5 nitrogen and oxygen atoms in total. The number of rotatable bonds is 4. The van der Waals surface area contributed by atoms with Gasteiger partial charge in [0.15, 0.2) is 0 Å². The van der Waals surface area contributed by atoms with Crippen LogP contribution in [-0.2, 0) is 13.5 Å². The Kier molecular flexibility index (Phi) is 4.57. The second-order valence-corrected chi connectivity index (χ2v) is 4.91. The first kappa shape index (κ1) is 15.0. The van der Waals surface area contributed by atoms with Gasteiger partial charge in [-0.15, -0.1) is 0 Å². The Bertz CT molecular complexity index is 634. The van der Waals surface area contributed by atoms with Gasteiger partial charge in [-0.05, 0) is 50.1 Å². The molecule has 0 saturated heterocycles. The average Bonchev–Trinajstić information content (AvgIpc) is 2.68. The van der Waals surface area contributed by atoms with Crippen molar-refractivity contribution in [2.24, 2.45) is 7.05 Å². The molecule has 2 aromatic rings. The quantitative estimate of drug-likeness (QED) is 0.909. The van der Waals surface area contributed by atoms with E-state index >= 15 is 0 Å². The third kappa shape index (κ3) is 3.81. The largest absolute Gasteiger partial charge is 0.338 e. The van der Waals surface area contributed by atoms with E-state index in [0.717, 1.165) is 23.4 Å². The highest BCUT2D eigenvalue weighted by molar-refractivity contribution is 5.89. The van der Waals surface area contributed by atoms with Gasteiger partial charge in [0.25, 0.3) is 0 Å². The van der Waals surface area contributed by atoms with Crippen molar-refractivity contribution >= 4 is 11.7 Å². The summed E-state index contributed by atoms with van der Waals surface area (Å²) in [6.45, 7) is 4.48. The molecule has 2 rings (SSSR count). The Labute approximate surface area is 123 Å². The minimum absolute atomic E-state index is 0.305. The summed E-state index contributed by atoms with van der Waals surface area (Å²) in [5.41, 5.74) is 3.80. The predicted octanol–water partition coefficient (Wildman–Crippen LogP) is 2.54. The number of nitrogens with one attached hydrogen (secondary N) is 2. The van der Waals surface area contributed by atoms with Gasteiger partial charge in [-0.1, -0.05) is 0 Å². The predicted molar refractivity (Wildman–Crippen MR) is 79.8 cm³/mol. The molecular weight excluding hydrogens is 271 g/mol. The highest BCUT2D eigenvalue weighted by atomic mass is 19.1. The fourth-order valence-electron chi connectivity index (χ4n) is 2.19. The molecule has 1 heterocycles. The molecule has 0 aliphatic heterocycles. The molecule has 0 aliphatic rings. The molecule has 112 valence electrons. The van der Waals surface area contributed by atoms with Gasteiger partial charge in [0.05, 0.1) is 5.69 Å². The lowest BCUT2D eigenvalue weighted by Crippen LogP contribution is -2.30. The molecule has 6 heteroatoms. The molecule has 0 atom stereocenters. The fraction of sp³-hybridized carbons (Fsp3) is 0.333. The number of aromatic nitrogens is 2. The van der Waals surface area contributed by atoms with Crippen LogP contribution in [0.5, 0.6) is 0 Å². The lowest BCUT2D eigenvalue weighted by Gasteiger charge is -2.08. The van der Waals surface area contributed by atoms with Crippen molar-refractivity contribution in [1.82, 2.24) is 15.1 Å². The second-order valence-electron chi connectivity index (χ2n) is 4.91. The van der Waals surface area contributed by atoms with E-state index in [-0.39, 0.29) is 11.8 Å². The van der Waals surface area contributed by atoms with Crippen LogP contribution >= 0.6 is 0 Å². The first-order chi connectivity index (χ1) is 9.97. The molecule has 21 heavy (non-hydrogen) atoms. The van der Waals surface area contributed by atoms with Gasteiger partial charge < -0.3 is 10.6 Å². The number of anilines is 1. The summed E-state index contributed by atoms with van der Waals surface area (Å²) >= 11 is 0. The molecule has 1 aromatic heterocycles. The average molecular weight is 290 g/mol. The Hall–Kier alpha value is -2.37. The van der Waals surface area contributed by atoms with E-state index in [9.17, 15) is 9.18 Å². The molecule has 0 spiro atoms. The second kappa shape index (κ2) is 6.39. The smallest absolute Gasteiger partial charge is 0.319 e. The number of aryl methyl sites for hydroxylation is 2. The van der Waals surface area contributed by atoms with Crippen LogP contribution < -0.4 is 10.6 Å². The lowest BCUT2D eigenvalue weighted by molar-refractivity contribution is 0.252. The van der Waals surface area contributed by atoms with Gasteiger partial charge in [-0.3, -0.25) is 4.68 Å². The maximum Gasteiger partial charge on any atom is 0.319 e. The maximum atomic E-state index is 12.8. The minimum Gasteiger partial charge on any atom is -0.338 e. The number of urea groups is 1. The zero-order valence-electron chi connectivity index (χ0n) is 12.4. The molecule has 0 unspecified atom stereocenters. The number of amides is 2. The van der Waals surface area contributed by atoms with E-state index in [1.54, 1.807) is 0 Å². The summed E-state index contributed by atoms with van der Waals surface area (Å²) in [6, 6.07) is 5.34. The van der Waals surface area contributed by atoms with Gasteiger partial charge in [0.2, 0.25) is 0 Å². The number of benzene rings is 1. The summed E-state index contributed by atoms with van der Waals surface area (Å²) in [6.07, 6.45) is 0.725. The molecule has 0 fully saturated rings. The minimum atomic E-state index is -0.330. The highest BCUT2D eigenvalue weighted by Gasteiger charge is 2.09. The lowest BCUT2D eigenvalue weighted by atomic mass is 10.1. The Morgan fingerprint density at radius 3 is 2.52 bits per heavy atom. The van der Waals surface area contributed by atoms with Crippen molar-refractivity contribution in [3.8, 4) is 0 Å². The number of carbonyl (C=O) groups is 1. The molecule has 0 radical (unpaired) electrons. The number of carbonyl (C=O) groups excluding carboxylic acids is 1. The van der Waals surface area contributed by atoms with Gasteiger partial charge in [-0.25, -0.2) is 9.18 Å². The zero-order valence-corrected chi connectivity index (χ0v) is 12.4. The van der Waals surface area contributed by atoms with Crippen molar-refractivity contribution in [2.75, 3.05) is 11.9 Å². The molecular formula is C15H19FN4O. The van der Waals surface area contributed by atoms with Crippen LogP contribution in [0.4, 0.5) is 14.9 Å². The standard InChI is InChI=1S/C15H19FN4O/c1-10-14(11(2)20(3)19-10)8-9-17-15(21)18-13-6-4-12(16)5-7-13/h4-7H,8-9H2,1-3H3,(H2,17,18,21). The molecule has 0 saturated carbocycles. The molecule has 2 N–H and O–H groups in total. The van der Waals surface area contributed by atoms with Crippen molar-refractivity contribution < 1.29 is 9.18 Å². The highest BCUT2D eigenvalue weighted by Crippen LogP contribution is 2.12. The zero-order chi connectivity index (χ0) is 15.4. The first-order valence-electron chi connectivity index (χ1n) is 6.77.